The summed E-state index contributed by atoms with van der Waals surface area (Å²) in [5.41, 5.74) is 2.56. The van der Waals surface area contributed by atoms with Gasteiger partial charge in [0.2, 0.25) is 9.84 Å². The molecule has 2 atom stereocenters. The fourth-order valence-electron chi connectivity index (χ4n) is 4.70. The maximum absolute atomic E-state index is 13.4. The Bertz CT molecular complexity index is 1070. The topological polar surface area (TPSA) is 110 Å². The quantitative estimate of drug-likeness (QED) is 0.538. The number of carbonyl (C=O) groups excluding carboxylic acids is 1. The van der Waals surface area contributed by atoms with Crippen molar-refractivity contribution >= 4 is 21.0 Å². The normalized spacial score (nSPS) is 23.2. The van der Waals surface area contributed by atoms with Crippen molar-refractivity contribution in [3.8, 4) is 0 Å². The van der Waals surface area contributed by atoms with E-state index in [-0.39, 0.29) is 23.8 Å². The lowest BCUT2D eigenvalue weighted by atomic mass is 9.98. The first-order valence-electron chi connectivity index (χ1n) is 12.2. The van der Waals surface area contributed by atoms with Gasteiger partial charge in [0.25, 0.3) is 5.17 Å². The molecule has 0 amide bonds. The van der Waals surface area contributed by atoms with Crippen LogP contribution in [0.5, 0.6) is 0 Å². The molecule has 10 nitrogen and oxygen atoms in total. The van der Waals surface area contributed by atoms with Gasteiger partial charge in [-0.3, -0.25) is 9.80 Å². The molecule has 2 aliphatic heterocycles. The highest BCUT2D eigenvalue weighted by molar-refractivity contribution is 8.06. The molecule has 1 aromatic rings. The highest BCUT2D eigenvalue weighted by Gasteiger charge is 2.44. The third-order valence-corrected chi connectivity index (χ3v) is 7.41. The van der Waals surface area contributed by atoms with Gasteiger partial charge in [-0.05, 0) is 54.0 Å². The van der Waals surface area contributed by atoms with Crippen LogP contribution in [0.25, 0.3) is 0 Å². The number of nitrogens with zero attached hydrogens (tertiary/aromatic N) is 3. The number of hydrogen-bond donors (Lipinski definition) is 1. The molecule has 0 spiro atoms. The summed E-state index contributed by atoms with van der Waals surface area (Å²) in [6, 6.07) is 9.83. The van der Waals surface area contributed by atoms with Gasteiger partial charge in [-0.1, -0.05) is 30.3 Å². The van der Waals surface area contributed by atoms with Crippen molar-refractivity contribution in [1.29, 1.82) is 0 Å². The highest BCUT2D eigenvalue weighted by Crippen LogP contribution is 2.31. The summed E-state index contributed by atoms with van der Waals surface area (Å²) in [5, 5.41) is 7.12. The summed E-state index contributed by atoms with van der Waals surface area (Å²) >= 11 is 0. The van der Waals surface area contributed by atoms with Crippen LogP contribution in [0.15, 0.2) is 35.4 Å². The number of hydrogen-bond acceptors (Lipinski definition) is 10. The lowest BCUT2D eigenvalue weighted by Crippen LogP contribution is -2.56. The molecule has 0 radical (unpaired) electrons. The van der Waals surface area contributed by atoms with E-state index in [2.05, 4.69) is 10.6 Å². The van der Waals surface area contributed by atoms with Crippen LogP contribution in [-0.2, 0) is 35.3 Å². The third-order valence-electron chi connectivity index (χ3n) is 5.77. The molecule has 3 rings (SSSR count). The number of nitrogens with one attached hydrogen (secondary N) is 1. The maximum Gasteiger partial charge on any atom is 0.308 e. The summed E-state index contributed by atoms with van der Waals surface area (Å²) in [5.74, 6) is -1.74. The minimum absolute atomic E-state index is 0.000906. The van der Waals surface area contributed by atoms with Crippen molar-refractivity contribution in [1.82, 2.24) is 15.7 Å². The Hall–Kier alpha value is -2.21. The van der Waals surface area contributed by atoms with Crippen LogP contribution in [-0.4, -0.2) is 71.6 Å². The van der Waals surface area contributed by atoms with E-state index in [1.807, 2.05) is 65.0 Å². The molecule has 1 saturated heterocycles. The molecular formula is C25H40N4O6S. The molecule has 0 bridgehead atoms. The molecule has 202 valence electrons. The Morgan fingerprint density at radius 3 is 2.36 bits per heavy atom. The van der Waals surface area contributed by atoms with Gasteiger partial charge in [-0.25, -0.2) is 14.0 Å². The van der Waals surface area contributed by atoms with Crippen molar-refractivity contribution in [3.63, 3.8) is 0 Å². The third kappa shape index (κ3) is 7.41. The smallest absolute Gasteiger partial charge is 0.308 e. The number of ether oxygens (including phenoxy) is 3. The number of hydrazine groups is 2. The first-order chi connectivity index (χ1) is 16.5. The molecule has 0 aliphatic carbocycles. The van der Waals surface area contributed by atoms with Gasteiger partial charge in [-0.15, -0.1) is 10.2 Å². The summed E-state index contributed by atoms with van der Waals surface area (Å²) < 4.78 is 44.4. The lowest BCUT2D eigenvalue weighted by molar-refractivity contribution is -0.295. The predicted octanol–water partition coefficient (Wildman–Crippen LogP) is 3.00. The summed E-state index contributed by atoms with van der Waals surface area (Å²) in [4.78, 5) is 12.8. The monoisotopic (exact) mass is 524 g/mol. The van der Waals surface area contributed by atoms with Crippen LogP contribution in [0.3, 0.4) is 0 Å². The van der Waals surface area contributed by atoms with Gasteiger partial charge in [0.1, 0.15) is 5.60 Å². The first kappa shape index (κ1) is 28.4. The molecule has 0 saturated carbocycles. The number of benzene rings is 1. The SMILES string of the molecule is CN1NN=C(S(=O)(=O)C[C@@H]2C[C@H](CC(=O)OC(C)(C)Cc3ccccc3)OC(C)(C)O2)N1C(C)(C)C. The van der Waals surface area contributed by atoms with Crippen molar-refractivity contribution in [2.24, 2.45) is 5.10 Å². The maximum atomic E-state index is 13.4. The van der Waals surface area contributed by atoms with Gasteiger partial charge >= 0.3 is 5.97 Å². The van der Waals surface area contributed by atoms with Crippen molar-refractivity contribution in [2.45, 2.75) is 96.9 Å². The minimum atomic E-state index is -3.82. The van der Waals surface area contributed by atoms with Gasteiger partial charge in [0.15, 0.2) is 5.79 Å². The molecule has 1 N–H and O–H groups in total. The van der Waals surface area contributed by atoms with Gasteiger partial charge in [0, 0.05) is 19.9 Å². The fourth-order valence-corrected chi connectivity index (χ4v) is 6.38. The van der Waals surface area contributed by atoms with E-state index in [9.17, 15) is 13.2 Å². The van der Waals surface area contributed by atoms with Gasteiger partial charge < -0.3 is 14.2 Å². The van der Waals surface area contributed by atoms with E-state index in [0.717, 1.165) is 5.56 Å². The number of amidine groups is 1. The molecular weight excluding hydrogens is 484 g/mol. The molecule has 2 heterocycles. The number of rotatable bonds is 7. The number of sulfone groups is 1. The Morgan fingerprint density at radius 1 is 1.14 bits per heavy atom. The molecule has 2 aliphatic rings. The Morgan fingerprint density at radius 2 is 1.75 bits per heavy atom. The van der Waals surface area contributed by atoms with Crippen molar-refractivity contribution < 1.29 is 27.4 Å². The van der Waals surface area contributed by atoms with E-state index in [1.165, 1.54) is 5.12 Å². The van der Waals surface area contributed by atoms with Crippen LogP contribution >= 0.6 is 0 Å². The predicted molar refractivity (Wildman–Crippen MR) is 137 cm³/mol. The highest BCUT2D eigenvalue weighted by atomic mass is 32.2. The summed E-state index contributed by atoms with van der Waals surface area (Å²) in [6.45, 7) is 12.9. The zero-order valence-electron chi connectivity index (χ0n) is 22.6. The van der Waals surface area contributed by atoms with Crippen molar-refractivity contribution in [3.05, 3.63) is 35.9 Å². The molecule has 36 heavy (non-hydrogen) atoms. The van der Waals surface area contributed by atoms with E-state index in [1.54, 1.807) is 25.9 Å². The lowest BCUT2D eigenvalue weighted by Gasteiger charge is -2.41. The Labute approximate surface area is 214 Å². The molecule has 0 unspecified atom stereocenters. The van der Waals surface area contributed by atoms with Crippen LogP contribution in [0, 0.1) is 0 Å². The fraction of sp³-hybridized carbons (Fsp3) is 0.680. The average molecular weight is 525 g/mol. The zero-order chi connectivity index (χ0) is 26.9. The second-order valence-electron chi connectivity index (χ2n) is 11.5. The molecule has 1 aromatic carbocycles. The molecule has 11 heteroatoms. The second kappa shape index (κ2) is 10.3. The van der Waals surface area contributed by atoms with Crippen LogP contribution in [0.4, 0.5) is 0 Å². The average Bonchev–Trinajstić information content (AvgIpc) is 3.09. The second-order valence-corrected chi connectivity index (χ2v) is 13.4. The van der Waals surface area contributed by atoms with E-state index in [0.29, 0.717) is 6.42 Å². The van der Waals surface area contributed by atoms with E-state index in [4.69, 9.17) is 14.2 Å². The zero-order valence-corrected chi connectivity index (χ0v) is 23.4. The van der Waals surface area contributed by atoms with Crippen LogP contribution in [0.2, 0.25) is 0 Å². The summed E-state index contributed by atoms with van der Waals surface area (Å²) in [6.07, 6.45) is -0.400. The first-order valence-corrected chi connectivity index (χ1v) is 13.8. The molecule has 0 aromatic heterocycles. The number of esters is 1. The van der Waals surface area contributed by atoms with Gasteiger partial charge in [-0.2, -0.15) is 0 Å². The van der Waals surface area contributed by atoms with Gasteiger partial charge in [0.05, 0.1) is 29.9 Å². The van der Waals surface area contributed by atoms with E-state index < -0.39 is 44.9 Å². The summed E-state index contributed by atoms with van der Waals surface area (Å²) in [7, 11) is -2.11. The largest absolute Gasteiger partial charge is 0.459 e. The Balaban J connectivity index is 1.65. The number of hydrazone groups is 1. The number of carbonyl (C=O) groups is 1. The standard InChI is InChI=1S/C25H40N4O6S/c1-23(2,3)29-22(26-27-28(29)8)36(31,32)17-20-14-19(33-25(6,7)34-20)15-21(30)35-24(4,5)16-18-12-10-9-11-13-18/h9-13,19-20,27H,14-17H2,1-8H3/t19-,20+/m1/s1. The van der Waals surface area contributed by atoms with E-state index >= 15 is 0 Å². The molecule has 1 fully saturated rings. The van der Waals surface area contributed by atoms with Crippen molar-refractivity contribution in [2.75, 3.05) is 12.8 Å². The minimum Gasteiger partial charge on any atom is -0.459 e. The van der Waals surface area contributed by atoms with Crippen LogP contribution in [0.1, 0.15) is 66.9 Å². The van der Waals surface area contributed by atoms with Crippen LogP contribution < -0.4 is 5.53 Å². The Kier molecular flexibility index (Phi) is 8.10.